The average Bonchev–Trinajstić information content (AvgIpc) is 2.72. The Hall–Kier alpha value is -2.91. The Morgan fingerprint density at radius 2 is 2.07 bits per heavy atom. The van der Waals surface area contributed by atoms with Gasteiger partial charge in [0.1, 0.15) is 0 Å². The van der Waals surface area contributed by atoms with Gasteiger partial charge in [0.2, 0.25) is 0 Å². The number of nitrogens with two attached hydrogens (primary N) is 2. The Morgan fingerprint density at radius 1 is 1.33 bits per heavy atom. The Labute approximate surface area is 186 Å². The smallest absolute Gasteiger partial charge is 0.269 e. The summed E-state index contributed by atoms with van der Waals surface area (Å²) in [5, 5.41) is 0. The first-order valence-corrected chi connectivity index (χ1v) is 10.5. The third-order valence-corrected chi connectivity index (χ3v) is 4.64. The maximum atomic E-state index is 12.8. The lowest BCUT2D eigenvalue weighted by molar-refractivity contribution is -0.127. The van der Waals surface area contributed by atoms with Gasteiger partial charge in [-0.05, 0) is 37.1 Å². The molecule has 0 aromatic heterocycles. The molecule has 5 nitrogen and oxygen atoms in total. The van der Waals surface area contributed by atoms with E-state index in [4.69, 9.17) is 22.9 Å². The molecule has 30 heavy (non-hydrogen) atoms. The maximum absolute atomic E-state index is 12.8. The van der Waals surface area contributed by atoms with Crippen LogP contribution in [0, 0.1) is 12.3 Å². The van der Waals surface area contributed by atoms with Gasteiger partial charge in [0.25, 0.3) is 5.91 Å². The van der Waals surface area contributed by atoms with Crippen LogP contribution in [-0.2, 0) is 4.79 Å². The van der Waals surface area contributed by atoms with Gasteiger partial charge in [-0.15, -0.1) is 25.0 Å². The normalized spacial score (nSPS) is 12.4. The monoisotopic (exact) mass is 424 g/mol. The number of terminal acetylenes is 1. The van der Waals surface area contributed by atoms with Crippen molar-refractivity contribution < 1.29 is 4.79 Å². The minimum Gasteiger partial charge on any atom is -0.398 e. The number of amides is 1. The number of hydrogen-bond acceptors (Lipinski definition) is 5. The fourth-order valence-electron chi connectivity index (χ4n) is 2.79. The molecular formula is C24H32N4OS. The van der Waals surface area contributed by atoms with Gasteiger partial charge in [0.05, 0.1) is 11.4 Å². The molecule has 1 aromatic rings. The lowest BCUT2D eigenvalue weighted by Crippen LogP contribution is -2.36. The Morgan fingerprint density at radius 3 is 2.63 bits per heavy atom. The van der Waals surface area contributed by atoms with Crippen LogP contribution in [-0.4, -0.2) is 29.6 Å². The number of anilines is 1. The molecule has 1 rings (SSSR count). The highest BCUT2D eigenvalue weighted by Gasteiger charge is 2.15. The van der Waals surface area contributed by atoms with E-state index in [1.807, 2.05) is 26.0 Å². The molecule has 0 heterocycles. The van der Waals surface area contributed by atoms with Gasteiger partial charge in [-0.25, -0.2) is 0 Å². The maximum Gasteiger partial charge on any atom is 0.269 e. The molecular weight excluding hydrogens is 392 g/mol. The molecule has 1 aromatic carbocycles. The molecule has 0 saturated heterocycles. The van der Waals surface area contributed by atoms with Crippen LogP contribution in [0.2, 0.25) is 0 Å². The Kier molecular flexibility index (Phi) is 11.2. The van der Waals surface area contributed by atoms with Crippen molar-refractivity contribution in [2.45, 2.75) is 44.4 Å². The lowest BCUT2D eigenvalue weighted by Gasteiger charge is -2.21. The van der Waals surface area contributed by atoms with E-state index in [0.717, 1.165) is 18.4 Å². The third kappa shape index (κ3) is 7.84. The molecule has 0 fully saturated rings. The summed E-state index contributed by atoms with van der Waals surface area (Å²) in [6.07, 6.45) is 13.3. The van der Waals surface area contributed by atoms with E-state index < -0.39 is 0 Å². The van der Waals surface area contributed by atoms with Crippen molar-refractivity contribution in [1.82, 2.24) is 4.90 Å². The predicted octanol–water partition coefficient (Wildman–Crippen LogP) is 4.43. The Balaban J connectivity index is 3.28. The summed E-state index contributed by atoms with van der Waals surface area (Å²) in [4.78, 5) is 19.9. The fraction of sp³-hybridized carbons (Fsp3) is 0.333. The number of carbonyl (C=O) groups is 1. The van der Waals surface area contributed by atoms with Gasteiger partial charge >= 0.3 is 0 Å². The number of rotatable bonds is 11. The molecule has 0 spiro atoms. The molecule has 0 atom stereocenters. The highest BCUT2D eigenvalue weighted by atomic mass is 32.1. The van der Waals surface area contributed by atoms with E-state index in [0.29, 0.717) is 47.9 Å². The molecule has 0 radical (unpaired) electrons. The predicted molar refractivity (Wildman–Crippen MR) is 131 cm³/mol. The van der Waals surface area contributed by atoms with E-state index in [-0.39, 0.29) is 11.6 Å². The van der Waals surface area contributed by atoms with Crippen molar-refractivity contribution >= 4 is 35.6 Å². The van der Waals surface area contributed by atoms with Crippen LogP contribution in [0.5, 0.6) is 0 Å². The summed E-state index contributed by atoms with van der Waals surface area (Å²) >= 11 is 4.39. The van der Waals surface area contributed by atoms with Crippen LogP contribution in [0.3, 0.4) is 0 Å². The van der Waals surface area contributed by atoms with Crippen LogP contribution < -0.4 is 11.5 Å². The second kappa shape index (κ2) is 13.3. The second-order valence-electron chi connectivity index (χ2n) is 6.76. The van der Waals surface area contributed by atoms with Crippen LogP contribution in [0.15, 0.2) is 58.6 Å². The van der Waals surface area contributed by atoms with Crippen molar-refractivity contribution in [1.29, 1.82) is 0 Å². The summed E-state index contributed by atoms with van der Waals surface area (Å²) in [5.74, 6) is 2.34. The van der Waals surface area contributed by atoms with E-state index in [2.05, 4.69) is 25.1 Å². The molecule has 0 unspecified atom stereocenters. The first-order valence-electron chi connectivity index (χ1n) is 10.1. The van der Waals surface area contributed by atoms with Crippen molar-refractivity contribution in [2.75, 3.05) is 18.8 Å². The average molecular weight is 425 g/mol. The molecule has 6 heteroatoms. The SMILES string of the molecule is C#CCCN(CCC)C(=O)/C(N)=C/C(CCC)=N\C(=C/C=C)c1ccc(N)c(S)c1. The number of nitrogens with zero attached hydrogens (tertiary/aromatic N) is 2. The minimum absolute atomic E-state index is 0.151. The lowest BCUT2D eigenvalue weighted by atomic mass is 10.1. The van der Waals surface area contributed by atoms with Gasteiger partial charge in [-0.1, -0.05) is 39.0 Å². The Bertz CT molecular complexity index is 878. The number of carbonyl (C=O) groups excluding carboxylic acids is 1. The molecule has 0 aliphatic heterocycles. The molecule has 160 valence electrons. The molecule has 0 aliphatic rings. The van der Waals surface area contributed by atoms with E-state index in [1.54, 1.807) is 29.2 Å². The highest BCUT2D eigenvalue weighted by molar-refractivity contribution is 7.80. The van der Waals surface area contributed by atoms with Gasteiger partial charge in [-0.2, -0.15) is 0 Å². The quantitative estimate of drug-likeness (QED) is 0.123. The standard InChI is InChI=1S/C24H32N4OS/c1-5-9-15-28(14-8-4)24(29)21(26)17-19(10-6-2)27-22(11-7-3)18-12-13-20(25)23(30)16-18/h1,7,11-13,16-17,30H,3,6,8-10,14-15,25-26H2,2,4H3/b21-17-,22-11-,27-19-. The van der Waals surface area contributed by atoms with Crippen LogP contribution in [0.1, 0.15) is 45.1 Å². The first kappa shape index (κ1) is 25.1. The third-order valence-electron chi connectivity index (χ3n) is 4.25. The first-order chi connectivity index (χ1) is 14.4. The van der Waals surface area contributed by atoms with Crippen molar-refractivity contribution in [3.63, 3.8) is 0 Å². The number of allylic oxidation sites excluding steroid dienone is 3. The van der Waals surface area contributed by atoms with Crippen molar-refractivity contribution in [3.05, 3.63) is 54.3 Å². The molecule has 1 amide bonds. The zero-order valence-electron chi connectivity index (χ0n) is 17.9. The van der Waals surface area contributed by atoms with Gasteiger partial charge in [0, 0.05) is 41.4 Å². The van der Waals surface area contributed by atoms with E-state index in [9.17, 15) is 4.79 Å². The van der Waals surface area contributed by atoms with Crippen molar-refractivity contribution in [2.24, 2.45) is 10.7 Å². The second-order valence-corrected chi connectivity index (χ2v) is 7.24. The largest absolute Gasteiger partial charge is 0.398 e. The number of hydrogen-bond donors (Lipinski definition) is 3. The van der Waals surface area contributed by atoms with E-state index >= 15 is 0 Å². The zero-order chi connectivity index (χ0) is 22.5. The molecule has 0 saturated carbocycles. The van der Waals surface area contributed by atoms with Gasteiger partial charge < -0.3 is 16.4 Å². The number of benzene rings is 1. The minimum atomic E-state index is -0.227. The van der Waals surface area contributed by atoms with Gasteiger partial charge in [0.15, 0.2) is 0 Å². The fourth-order valence-corrected chi connectivity index (χ4v) is 3.01. The van der Waals surface area contributed by atoms with Crippen LogP contribution >= 0.6 is 12.6 Å². The summed E-state index contributed by atoms with van der Waals surface area (Å²) in [6, 6.07) is 5.51. The number of aliphatic imine (C=N–C) groups is 1. The van der Waals surface area contributed by atoms with Crippen LogP contribution in [0.25, 0.3) is 5.70 Å². The number of thiol groups is 1. The summed E-state index contributed by atoms with van der Waals surface area (Å²) in [6.45, 7) is 8.91. The molecule has 4 N–H and O–H groups in total. The van der Waals surface area contributed by atoms with E-state index in [1.165, 1.54) is 0 Å². The topological polar surface area (TPSA) is 84.7 Å². The van der Waals surface area contributed by atoms with Gasteiger partial charge in [-0.3, -0.25) is 9.79 Å². The number of nitrogen functional groups attached to an aromatic ring is 1. The molecule has 0 aliphatic carbocycles. The summed E-state index contributed by atoms with van der Waals surface area (Å²) in [7, 11) is 0. The zero-order valence-corrected chi connectivity index (χ0v) is 18.8. The summed E-state index contributed by atoms with van der Waals surface area (Å²) in [5.41, 5.74) is 15.0. The summed E-state index contributed by atoms with van der Waals surface area (Å²) < 4.78 is 0. The van der Waals surface area contributed by atoms with Crippen LogP contribution in [0.4, 0.5) is 5.69 Å². The molecule has 0 bridgehead atoms. The highest BCUT2D eigenvalue weighted by Crippen LogP contribution is 2.24. The van der Waals surface area contributed by atoms with Crippen molar-refractivity contribution in [3.8, 4) is 12.3 Å².